The third-order valence-corrected chi connectivity index (χ3v) is 2.41. The molecule has 0 saturated carbocycles. The average Bonchev–Trinajstić information content (AvgIpc) is 2.75. The topological polar surface area (TPSA) is 77.6 Å². The van der Waals surface area contributed by atoms with Gasteiger partial charge in [-0.15, -0.1) is 5.10 Å². The van der Waals surface area contributed by atoms with Gasteiger partial charge >= 0.3 is 0 Å². The van der Waals surface area contributed by atoms with Gasteiger partial charge in [0.15, 0.2) is 0 Å². The fourth-order valence-corrected chi connectivity index (χ4v) is 1.54. The highest BCUT2D eigenvalue weighted by atomic mass is 16.1. The SMILES string of the molecule is CCCNc1cnn(Cc2cn(C)nn2)c(=O)c1. The second-order valence-electron chi connectivity index (χ2n) is 4.05. The Morgan fingerprint density at radius 2 is 2.28 bits per heavy atom. The van der Waals surface area contributed by atoms with E-state index in [2.05, 4.69) is 27.7 Å². The highest BCUT2D eigenvalue weighted by Gasteiger charge is 2.03. The third-order valence-electron chi connectivity index (χ3n) is 2.41. The molecule has 0 unspecified atom stereocenters. The maximum absolute atomic E-state index is 11.8. The summed E-state index contributed by atoms with van der Waals surface area (Å²) in [6, 6.07) is 1.54. The zero-order valence-electron chi connectivity index (χ0n) is 10.5. The van der Waals surface area contributed by atoms with E-state index < -0.39 is 0 Å². The van der Waals surface area contributed by atoms with E-state index in [-0.39, 0.29) is 5.56 Å². The van der Waals surface area contributed by atoms with Crippen molar-refractivity contribution < 1.29 is 0 Å². The van der Waals surface area contributed by atoms with Crippen molar-refractivity contribution in [3.63, 3.8) is 0 Å². The van der Waals surface area contributed by atoms with Crippen LogP contribution in [-0.2, 0) is 13.6 Å². The van der Waals surface area contributed by atoms with Gasteiger partial charge in [0.2, 0.25) is 0 Å². The lowest BCUT2D eigenvalue weighted by Crippen LogP contribution is -2.23. The maximum atomic E-state index is 11.8. The average molecular weight is 248 g/mol. The van der Waals surface area contributed by atoms with Crippen molar-refractivity contribution in [2.24, 2.45) is 7.05 Å². The summed E-state index contributed by atoms with van der Waals surface area (Å²) in [5.41, 5.74) is 1.31. The van der Waals surface area contributed by atoms with Crippen molar-refractivity contribution in [3.05, 3.63) is 34.5 Å². The first-order valence-corrected chi connectivity index (χ1v) is 5.85. The van der Waals surface area contributed by atoms with E-state index in [0.717, 1.165) is 18.7 Å². The van der Waals surface area contributed by atoms with E-state index in [1.54, 1.807) is 30.2 Å². The highest BCUT2D eigenvalue weighted by molar-refractivity contribution is 5.38. The molecule has 0 radical (unpaired) electrons. The molecule has 0 aliphatic heterocycles. The van der Waals surface area contributed by atoms with E-state index in [1.165, 1.54) is 4.68 Å². The largest absolute Gasteiger partial charge is 0.384 e. The van der Waals surface area contributed by atoms with E-state index >= 15 is 0 Å². The van der Waals surface area contributed by atoms with Gasteiger partial charge in [0.05, 0.1) is 24.6 Å². The van der Waals surface area contributed by atoms with Gasteiger partial charge in [-0.1, -0.05) is 12.1 Å². The van der Waals surface area contributed by atoms with Crippen molar-refractivity contribution >= 4 is 5.69 Å². The van der Waals surface area contributed by atoms with Crippen LogP contribution in [0.15, 0.2) is 23.3 Å². The lowest BCUT2D eigenvalue weighted by atomic mass is 10.4. The molecular formula is C11H16N6O. The Morgan fingerprint density at radius 1 is 1.44 bits per heavy atom. The standard InChI is InChI=1S/C11H16N6O/c1-3-4-12-9-5-11(18)17(13-6-9)8-10-7-16(2)15-14-10/h5-7,12H,3-4,8H2,1-2H3. The minimum atomic E-state index is -0.151. The summed E-state index contributed by atoms with van der Waals surface area (Å²) < 4.78 is 2.96. The number of anilines is 1. The minimum Gasteiger partial charge on any atom is -0.384 e. The number of nitrogens with one attached hydrogen (secondary N) is 1. The second kappa shape index (κ2) is 5.44. The van der Waals surface area contributed by atoms with Gasteiger partial charge < -0.3 is 5.32 Å². The molecule has 0 aromatic carbocycles. The Labute approximate surface area is 104 Å². The summed E-state index contributed by atoms with van der Waals surface area (Å²) >= 11 is 0. The number of hydrogen-bond donors (Lipinski definition) is 1. The molecule has 2 heterocycles. The molecule has 0 atom stereocenters. The van der Waals surface area contributed by atoms with E-state index in [1.807, 2.05) is 0 Å². The summed E-state index contributed by atoms with van der Waals surface area (Å²) in [5.74, 6) is 0. The molecule has 0 aliphatic rings. The van der Waals surface area contributed by atoms with E-state index in [0.29, 0.717) is 12.2 Å². The van der Waals surface area contributed by atoms with Crippen LogP contribution in [0.25, 0.3) is 0 Å². The first-order chi connectivity index (χ1) is 8.69. The van der Waals surface area contributed by atoms with Gasteiger partial charge in [-0.2, -0.15) is 5.10 Å². The first-order valence-electron chi connectivity index (χ1n) is 5.85. The molecular weight excluding hydrogens is 232 g/mol. The van der Waals surface area contributed by atoms with Crippen LogP contribution in [0.1, 0.15) is 19.0 Å². The molecule has 2 rings (SSSR count). The number of rotatable bonds is 5. The summed E-state index contributed by atoms with van der Waals surface area (Å²) in [7, 11) is 1.78. The molecule has 0 fully saturated rings. The van der Waals surface area contributed by atoms with Crippen LogP contribution < -0.4 is 10.9 Å². The molecule has 0 amide bonds. The fourth-order valence-electron chi connectivity index (χ4n) is 1.54. The van der Waals surface area contributed by atoms with Gasteiger partial charge in [-0.05, 0) is 6.42 Å². The van der Waals surface area contributed by atoms with Gasteiger partial charge in [0.25, 0.3) is 5.56 Å². The zero-order valence-corrected chi connectivity index (χ0v) is 10.5. The highest BCUT2D eigenvalue weighted by Crippen LogP contribution is 2.00. The van der Waals surface area contributed by atoms with Gasteiger partial charge in [-0.3, -0.25) is 9.48 Å². The molecule has 1 N–H and O–H groups in total. The Bertz CT molecular complexity index is 573. The van der Waals surface area contributed by atoms with Crippen molar-refractivity contribution in [3.8, 4) is 0 Å². The smallest absolute Gasteiger partial charge is 0.269 e. The normalized spacial score (nSPS) is 10.6. The van der Waals surface area contributed by atoms with Crippen molar-refractivity contribution in [1.29, 1.82) is 0 Å². The number of nitrogens with zero attached hydrogens (tertiary/aromatic N) is 5. The monoisotopic (exact) mass is 248 g/mol. The maximum Gasteiger partial charge on any atom is 0.269 e. The van der Waals surface area contributed by atoms with Crippen LogP contribution in [0.3, 0.4) is 0 Å². The quantitative estimate of drug-likeness (QED) is 0.820. The van der Waals surface area contributed by atoms with Crippen molar-refractivity contribution in [1.82, 2.24) is 24.8 Å². The predicted octanol–water partition coefficient (Wildman–Crippen LogP) is 0.242. The molecule has 2 aromatic rings. The Balaban J connectivity index is 2.12. The van der Waals surface area contributed by atoms with Crippen LogP contribution in [0, 0.1) is 0 Å². The summed E-state index contributed by atoms with van der Waals surface area (Å²) in [6.45, 7) is 3.23. The molecule has 7 heteroatoms. The predicted molar refractivity (Wildman–Crippen MR) is 67.4 cm³/mol. The first kappa shape index (κ1) is 12.3. The van der Waals surface area contributed by atoms with Crippen LogP contribution >= 0.6 is 0 Å². The number of aryl methyl sites for hydroxylation is 1. The molecule has 2 aromatic heterocycles. The lowest BCUT2D eigenvalue weighted by Gasteiger charge is -2.05. The van der Waals surface area contributed by atoms with Gasteiger partial charge in [0.1, 0.15) is 5.69 Å². The molecule has 0 saturated heterocycles. The van der Waals surface area contributed by atoms with Gasteiger partial charge in [-0.25, -0.2) is 4.68 Å². The molecule has 0 spiro atoms. The summed E-state index contributed by atoms with van der Waals surface area (Å²) in [4.78, 5) is 11.8. The Morgan fingerprint density at radius 3 is 2.89 bits per heavy atom. The van der Waals surface area contributed by atoms with Crippen LogP contribution in [0.5, 0.6) is 0 Å². The molecule has 0 bridgehead atoms. The van der Waals surface area contributed by atoms with Crippen LogP contribution in [0.2, 0.25) is 0 Å². The summed E-state index contributed by atoms with van der Waals surface area (Å²) in [6.07, 6.45) is 4.41. The van der Waals surface area contributed by atoms with Crippen LogP contribution in [-0.4, -0.2) is 31.3 Å². The van der Waals surface area contributed by atoms with E-state index in [4.69, 9.17) is 0 Å². The summed E-state index contributed by atoms with van der Waals surface area (Å²) in [5, 5.41) is 15.0. The number of hydrogen-bond acceptors (Lipinski definition) is 5. The second-order valence-corrected chi connectivity index (χ2v) is 4.05. The fraction of sp³-hybridized carbons (Fsp3) is 0.455. The number of aromatic nitrogens is 5. The Kier molecular flexibility index (Phi) is 3.71. The molecule has 0 aliphatic carbocycles. The molecule has 18 heavy (non-hydrogen) atoms. The third kappa shape index (κ3) is 2.93. The molecule has 7 nitrogen and oxygen atoms in total. The lowest BCUT2D eigenvalue weighted by molar-refractivity contribution is 0.626. The Hall–Kier alpha value is -2.18. The van der Waals surface area contributed by atoms with Crippen LogP contribution in [0.4, 0.5) is 5.69 Å². The zero-order chi connectivity index (χ0) is 13.0. The minimum absolute atomic E-state index is 0.151. The molecule has 96 valence electrons. The van der Waals surface area contributed by atoms with Crippen molar-refractivity contribution in [2.75, 3.05) is 11.9 Å². The van der Waals surface area contributed by atoms with E-state index in [9.17, 15) is 4.79 Å². The van der Waals surface area contributed by atoms with Crippen molar-refractivity contribution in [2.45, 2.75) is 19.9 Å². The van der Waals surface area contributed by atoms with Gasteiger partial charge in [0, 0.05) is 19.7 Å².